The number of hydrogen-bond donors (Lipinski definition) is 1. The summed E-state index contributed by atoms with van der Waals surface area (Å²) in [5.74, 6) is 0.114. The lowest BCUT2D eigenvalue weighted by Crippen LogP contribution is -1.93. The maximum atomic E-state index is 13.3. The first kappa shape index (κ1) is 14.7. The van der Waals surface area contributed by atoms with Crippen molar-refractivity contribution in [2.75, 3.05) is 19.5 Å². The van der Waals surface area contributed by atoms with Crippen molar-refractivity contribution >= 4 is 23.8 Å². The van der Waals surface area contributed by atoms with Gasteiger partial charge < -0.3 is 9.84 Å². The van der Waals surface area contributed by atoms with Crippen molar-refractivity contribution in [1.82, 2.24) is 0 Å². The van der Waals surface area contributed by atoms with E-state index in [4.69, 9.17) is 9.84 Å². The minimum atomic E-state index is -1.05. The standard InChI is InChI=1S/C13H15FO3S/c1-17-4-5-18-9-11-6-10(2-3-13(15)16)7-12(14)8-11/h2-3,6-8H,4-5,9H2,1H3,(H,15,16). The van der Waals surface area contributed by atoms with E-state index in [1.54, 1.807) is 24.9 Å². The Bertz CT molecular complexity index is 432. The SMILES string of the molecule is COCCSCc1cc(F)cc(C=CC(=O)O)c1. The fourth-order valence-corrected chi connectivity index (χ4v) is 2.19. The molecule has 3 nitrogen and oxygen atoms in total. The van der Waals surface area contributed by atoms with E-state index < -0.39 is 5.97 Å². The number of carbonyl (C=O) groups is 1. The third kappa shape index (κ3) is 5.84. The van der Waals surface area contributed by atoms with Crippen molar-refractivity contribution < 1.29 is 19.0 Å². The van der Waals surface area contributed by atoms with Gasteiger partial charge >= 0.3 is 5.97 Å². The van der Waals surface area contributed by atoms with Crippen LogP contribution in [0.15, 0.2) is 24.3 Å². The Morgan fingerprint density at radius 1 is 1.50 bits per heavy atom. The van der Waals surface area contributed by atoms with Crippen LogP contribution >= 0.6 is 11.8 Å². The van der Waals surface area contributed by atoms with Gasteiger partial charge in [0, 0.05) is 24.7 Å². The fraction of sp³-hybridized carbons (Fsp3) is 0.308. The van der Waals surface area contributed by atoms with Gasteiger partial charge in [-0.2, -0.15) is 11.8 Å². The molecule has 0 saturated heterocycles. The number of benzene rings is 1. The van der Waals surface area contributed by atoms with Crippen LogP contribution in [0, 0.1) is 5.82 Å². The topological polar surface area (TPSA) is 46.5 Å². The second-order valence-corrected chi connectivity index (χ2v) is 4.71. The van der Waals surface area contributed by atoms with Gasteiger partial charge in [0.15, 0.2) is 0 Å². The molecule has 0 heterocycles. The molecule has 0 radical (unpaired) electrons. The van der Waals surface area contributed by atoms with Gasteiger partial charge in [-0.1, -0.05) is 6.07 Å². The minimum absolute atomic E-state index is 0.357. The number of aliphatic carboxylic acids is 1. The largest absolute Gasteiger partial charge is 0.478 e. The van der Waals surface area contributed by atoms with E-state index in [1.165, 1.54) is 18.2 Å². The molecule has 0 unspecified atom stereocenters. The number of carboxylic acid groups (broad SMARTS) is 1. The molecule has 0 aliphatic carbocycles. The summed E-state index contributed by atoms with van der Waals surface area (Å²) in [5.41, 5.74) is 1.39. The van der Waals surface area contributed by atoms with Gasteiger partial charge in [-0.3, -0.25) is 0 Å². The van der Waals surface area contributed by atoms with Crippen LogP contribution in [0.25, 0.3) is 6.08 Å². The second-order valence-electron chi connectivity index (χ2n) is 3.61. The predicted octanol–water partition coefficient (Wildman–Crippen LogP) is 2.80. The first-order chi connectivity index (χ1) is 8.61. The Hall–Kier alpha value is -1.33. The summed E-state index contributed by atoms with van der Waals surface area (Å²) in [5, 5.41) is 8.52. The van der Waals surface area contributed by atoms with Gasteiger partial charge in [0.05, 0.1) is 6.61 Å². The Kier molecular flexibility index (Phi) is 6.46. The van der Waals surface area contributed by atoms with E-state index in [0.717, 1.165) is 17.4 Å². The molecule has 0 atom stereocenters. The molecule has 0 amide bonds. The molecule has 98 valence electrons. The lowest BCUT2D eigenvalue weighted by Gasteiger charge is -2.03. The number of carboxylic acids is 1. The van der Waals surface area contributed by atoms with E-state index in [0.29, 0.717) is 17.9 Å². The zero-order chi connectivity index (χ0) is 13.4. The molecule has 0 spiro atoms. The lowest BCUT2D eigenvalue weighted by atomic mass is 10.1. The summed E-state index contributed by atoms with van der Waals surface area (Å²) in [6.07, 6.45) is 2.38. The summed E-state index contributed by atoms with van der Waals surface area (Å²) in [6, 6.07) is 4.54. The summed E-state index contributed by atoms with van der Waals surface area (Å²) in [6.45, 7) is 0.658. The van der Waals surface area contributed by atoms with Gasteiger partial charge in [0.1, 0.15) is 5.82 Å². The van der Waals surface area contributed by atoms with Crippen LogP contribution < -0.4 is 0 Å². The average molecular weight is 270 g/mol. The third-order valence-electron chi connectivity index (χ3n) is 2.10. The number of rotatable bonds is 7. The second kappa shape index (κ2) is 7.89. The molecule has 0 fully saturated rings. The maximum Gasteiger partial charge on any atom is 0.328 e. The van der Waals surface area contributed by atoms with E-state index >= 15 is 0 Å². The predicted molar refractivity (Wildman–Crippen MR) is 71.1 cm³/mol. The van der Waals surface area contributed by atoms with Crippen LogP contribution in [-0.4, -0.2) is 30.5 Å². The van der Waals surface area contributed by atoms with Crippen LogP contribution in [0.2, 0.25) is 0 Å². The van der Waals surface area contributed by atoms with E-state index in [2.05, 4.69) is 0 Å². The molecule has 1 aromatic carbocycles. The highest BCUT2D eigenvalue weighted by Crippen LogP contribution is 2.16. The first-order valence-corrected chi connectivity index (χ1v) is 6.54. The van der Waals surface area contributed by atoms with Gasteiger partial charge in [-0.05, 0) is 29.3 Å². The number of halogens is 1. The van der Waals surface area contributed by atoms with E-state index in [-0.39, 0.29) is 5.82 Å². The molecule has 18 heavy (non-hydrogen) atoms. The molecular formula is C13H15FO3S. The Balaban J connectivity index is 2.65. The maximum absolute atomic E-state index is 13.3. The highest BCUT2D eigenvalue weighted by Gasteiger charge is 2.00. The van der Waals surface area contributed by atoms with Crippen LogP contribution in [0.5, 0.6) is 0 Å². The average Bonchev–Trinajstić information content (AvgIpc) is 2.32. The third-order valence-corrected chi connectivity index (χ3v) is 3.09. The highest BCUT2D eigenvalue weighted by molar-refractivity contribution is 7.98. The number of ether oxygens (including phenoxy) is 1. The molecule has 0 bridgehead atoms. The van der Waals surface area contributed by atoms with Crippen molar-refractivity contribution in [2.24, 2.45) is 0 Å². The summed E-state index contributed by atoms with van der Waals surface area (Å²) in [7, 11) is 1.64. The monoisotopic (exact) mass is 270 g/mol. The Morgan fingerprint density at radius 2 is 2.28 bits per heavy atom. The molecule has 5 heteroatoms. The molecular weight excluding hydrogens is 255 g/mol. The van der Waals surface area contributed by atoms with Crippen molar-refractivity contribution in [1.29, 1.82) is 0 Å². The van der Waals surface area contributed by atoms with Gasteiger partial charge in [0.25, 0.3) is 0 Å². The van der Waals surface area contributed by atoms with Crippen molar-refractivity contribution in [3.8, 4) is 0 Å². The molecule has 0 saturated carbocycles. The molecule has 0 aliphatic heterocycles. The van der Waals surface area contributed by atoms with Crippen molar-refractivity contribution in [3.05, 3.63) is 41.2 Å². The van der Waals surface area contributed by atoms with Gasteiger partial charge in [-0.15, -0.1) is 0 Å². The molecule has 1 aromatic rings. The van der Waals surface area contributed by atoms with Crippen LogP contribution in [0.1, 0.15) is 11.1 Å². The van der Waals surface area contributed by atoms with Crippen LogP contribution in [0.4, 0.5) is 4.39 Å². The smallest absolute Gasteiger partial charge is 0.328 e. The molecule has 0 aliphatic rings. The summed E-state index contributed by atoms with van der Waals surface area (Å²) >= 11 is 1.64. The van der Waals surface area contributed by atoms with Crippen LogP contribution in [0.3, 0.4) is 0 Å². The van der Waals surface area contributed by atoms with Gasteiger partial charge in [-0.25, -0.2) is 9.18 Å². The quantitative estimate of drug-likeness (QED) is 0.611. The van der Waals surface area contributed by atoms with Gasteiger partial charge in [0.2, 0.25) is 0 Å². The first-order valence-electron chi connectivity index (χ1n) is 5.39. The van der Waals surface area contributed by atoms with Crippen molar-refractivity contribution in [2.45, 2.75) is 5.75 Å². The van der Waals surface area contributed by atoms with Crippen molar-refractivity contribution in [3.63, 3.8) is 0 Å². The fourth-order valence-electron chi connectivity index (χ4n) is 1.35. The number of thioether (sulfide) groups is 1. The summed E-state index contributed by atoms with van der Waals surface area (Å²) < 4.78 is 18.2. The van der Waals surface area contributed by atoms with E-state index in [1.807, 2.05) is 0 Å². The Labute approximate surface area is 110 Å². The number of methoxy groups -OCH3 is 1. The summed E-state index contributed by atoms with van der Waals surface area (Å²) in [4.78, 5) is 10.4. The highest BCUT2D eigenvalue weighted by atomic mass is 32.2. The number of hydrogen-bond acceptors (Lipinski definition) is 3. The molecule has 0 aromatic heterocycles. The zero-order valence-corrected chi connectivity index (χ0v) is 10.9. The lowest BCUT2D eigenvalue weighted by molar-refractivity contribution is -0.131. The van der Waals surface area contributed by atoms with Crippen LogP contribution in [-0.2, 0) is 15.3 Å². The molecule has 1 N–H and O–H groups in total. The minimum Gasteiger partial charge on any atom is -0.478 e. The normalized spacial score (nSPS) is 11.0. The molecule has 1 rings (SSSR count). The Morgan fingerprint density at radius 3 is 2.94 bits per heavy atom. The van der Waals surface area contributed by atoms with E-state index in [9.17, 15) is 9.18 Å². The zero-order valence-electron chi connectivity index (χ0n) is 10.1.